The van der Waals surface area contributed by atoms with Crippen LogP contribution < -0.4 is 0 Å². The van der Waals surface area contributed by atoms with Crippen molar-refractivity contribution in [3.05, 3.63) is 17.6 Å². The molecule has 0 atom stereocenters. The van der Waals surface area contributed by atoms with E-state index in [1.807, 2.05) is 19.5 Å². The first-order valence-electron chi connectivity index (χ1n) is 6.50. The summed E-state index contributed by atoms with van der Waals surface area (Å²) in [7, 11) is 1.44. The average molecular weight is 457 g/mol. The molecule has 108 valence electrons. The molecule has 0 unspecified atom stereocenters. The van der Waals surface area contributed by atoms with Crippen LogP contribution in [0.5, 0.6) is 0 Å². The quantitative estimate of drug-likeness (QED) is 0.190. The van der Waals surface area contributed by atoms with E-state index in [1.165, 1.54) is 57.6 Å². The van der Waals surface area contributed by atoms with Crippen LogP contribution in [0.2, 0.25) is 0 Å². The number of allylic oxidation sites excluding steroid dienone is 2. The van der Waals surface area contributed by atoms with E-state index in [-0.39, 0.29) is 5.97 Å². The van der Waals surface area contributed by atoms with Crippen molar-refractivity contribution in [2.45, 2.75) is 58.3 Å². The third kappa shape index (κ3) is 7.81. The summed E-state index contributed by atoms with van der Waals surface area (Å²) in [5.41, 5.74) is 3.10. The van der Waals surface area contributed by atoms with Crippen LogP contribution in [-0.4, -0.2) is 13.1 Å². The van der Waals surface area contributed by atoms with E-state index in [0.29, 0.717) is 0 Å². The molecular weight excluding hydrogens is 433 g/mol. The fraction of sp³-hybridized carbons (Fsp3) is 0.714. The fourth-order valence-electron chi connectivity index (χ4n) is 2.26. The van der Waals surface area contributed by atoms with Crippen molar-refractivity contribution in [1.82, 2.24) is 0 Å². The Labute approximate surface area is 133 Å². The second-order valence-corrected chi connectivity index (χ2v) is 4.45. The van der Waals surface area contributed by atoms with Gasteiger partial charge in [0, 0.05) is 0 Å². The molecule has 0 aliphatic heterocycles. The number of unbranched alkanes of at least 4 members (excludes halogenated alkanes) is 1. The standard InChI is InChI=1S/C14H23O2.HI.Pd/c1-3-4-7-12-8-5-6-9-13(12)10-11-14(15)16-2;;/h11H,3-10H2,1-2H3;1H;/q-1;;+2/p-1. The Morgan fingerprint density at radius 2 is 1.94 bits per heavy atom. The predicted octanol–water partition coefficient (Wildman–Crippen LogP) is 4.70. The number of hydrogen-bond acceptors (Lipinski definition) is 2. The first kappa shape index (κ1) is 18.5. The molecule has 2 nitrogen and oxygen atoms in total. The maximum atomic E-state index is 11.1. The molecule has 0 aromatic heterocycles. The molecule has 0 fully saturated rings. The number of esters is 1. The number of methoxy groups -OCH3 is 1. The van der Waals surface area contributed by atoms with Crippen molar-refractivity contribution >= 4 is 25.5 Å². The van der Waals surface area contributed by atoms with E-state index in [1.54, 1.807) is 12.0 Å². The molecule has 0 heterocycles. The Morgan fingerprint density at radius 1 is 1.33 bits per heavy atom. The molecule has 4 heteroatoms. The molecular formula is C14H23IO2Pd. The van der Waals surface area contributed by atoms with Gasteiger partial charge in [0.15, 0.2) is 5.97 Å². The Kier molecular flexibility index (Phi) is 12.8. The molecule has 0 saturated heterocycles. The second-order valence-electron chi connectivity index (χ2n) is 4.45. The topological polar surface area (TPSA) is 26.3 Å². The van der Waals surface area contributed by atoms with Gasteiger partial charge in [-0.1, -0.05) is 24.5 Å². The molecule has 0 amide bonds. The van der Waals surface area contributed by atoms with E-state index < -0.39 is 0 Å². The van der Waals surface area contributed by atoms with E-state index in [9.17, 15) is 4.79 Å². The Balaban J connectivity index is 0.00000137. The molecule has 1 aliphatic rings. The van der Waals surface area contributed by atoms with Crippen LogP contribution in [-0.2, 0) is 25.1 Å². The van der Waals surface area contributed by atoms with Crippen LogP contribution in [0.1, 0.15) is 58.3 Å². The minimum absolute atomic E-state index is 0.201. The van der Waals surface area contributed by atoms with Gasteiger partial charge in [-0.2, -0.15) is 0 Å². The summed E-state index contributed by atoms with van der Waals surface area (Å²) in [6.07, 6.45) is 11.2. The molecule has 0 bridgehead atoms. The van der Waals surface area contributed by atoms with Gasteiger partial charge in [0.2, 0.25) is 0 Å². The van der Waals surface area contributed by atoms with Gasteiger partial charge in [0.05, 0.1) is 7.11 Å². The molecule has 18 heavy (non-hydrogen) atoms. The molecule has 0 spiro atoms. The van der Waals surface area contributed by atoms with E-state index in [4.69, 9.17) is 0 Å². The third-order valence-corrected chi connectivity index (χ3v) is 3.26. The number of halogens is 1. The zero-order valence-electron chi connectivity index (χ0n) is 11.2. The van der Waals surface area contributed by atoms with Gasteiger partial charge in [0.25, 0.3) is 0 Å². The fourth-order valence-corrected chi connectivity index (χ4v) is 2.26. The van der Waals surface area contributed by atoms with Crippen molar-refractivity contribution in [3.8, 4) is 0 Å². The summed E-state index contributed by atoms with van der Waals surface area (Å²) < 4.78 is 4.64. The number of hydrogen-bond donors (Lipinski definition) is 0. The van der Waals surface area contributed by atoms with Crippen molar-refractivity contribution in [1.29, 1.82) is 0 Å². The third-order valence-electron chi connectivity index (χ3n) is 3.26. The number of rotatable bonds is 6. The maximum absolute atomic E-state index is 11.1. The molecule has 1 aliphatic carbocycles. The van der Waals surface area contributed by atoms with Gasteiger partial charge in [0.1, 0.15) is 0 Å². The van der Waals surface area contributed by atoms with Crippen molar-refractivity contribution in [2.75, 3.05) is 7.11 Å². The van der Waals surface area contributed by atoms with Crippen LogP contribution in [0.4, 0.5) is 0 Å². The molecule has 0 aromatic carbocycles. The predicted molar refractivity (Wildman–Crippen MR) is 80.0 cm³/mol. The summed E-state index contributed by atoms with van der Waals surface area (Å²) in [6, 6.07) is 0. The van der Waals surface area contributed by atoms with Crippen LogP contribution in [0, 0.1) is 6.42 Å². The SMILES string of the molecule is CCCCC1=C(C[CH-]C(=O)OC)CCCC1.[Pd+][I]. The summed E-state index contributed by atoms with van der Waals surface area (Å²) in [4.78, 5) is 11.1. The van der Waals surface area contributed by atoms with Crippen molar-refractivity contribution in [2.24, 2.45) is 0 Å². The summed E-state index contributed by atoms with van der Waals surface area (Å²) in [5, 5.41) is 0. The molecule has 0 saturated carbocycles. The zero-order chi connectivity index (χ0) is 13.8. The van der Waals surface area contributed by atoms with E-state index >= 15 is 0 Å². The van der Waals surface area contributed by atoms with Gasteiger partial charge < -0.3 is 4.74 Å². The summed E-state index contributed by atoms with van der Waals surface area (Å²) >= 11 is 4.72. The molecule has 1 rings (SSSR count). The minimum atomic E-state index is -0.201. The summed E-state index contributed by atoms with van der Waals surface area (Å²) in [5.74, 6) is -0.201. The van der Waals surface area contributed by atoms with Crippen molar-refractivity contribution < 1.29 is 25.1 Å². The van der Waals surface area contributed by atoms with E-state index in [2.05, 4.69) is 27.2 Å². The second kappa shape index (κ2) is 12.5. The van der Waals surface area contributed by atoms with Gasteiger partial charge in [-0.25, -0.2) is 0 Å². The van der Waals surface area contributed by atoms with E-state index in [0.717, 1.165) is 6.42 Å². The number of carbonyl (C=O) groups is 1. The van der Waals surface area contributed by atoms with Crippen LogP contribution in [0.15, 0.2) is 11.1 Å². The van der Waals surface area contributed by atoms with Crippen molar-refractivity contribution in [3.63, 3.8) is 0 Å². The average Bonchev–Trinajstić information content (AvgIpc) is 2.45. The van der Waals surface area contributed by atoms with Crippen LogP contribution in [0.25, 0.3) is 0 Å². The van der Waals surface area contributed by atoms with Gasteiger partial charge >= 0.3 is 35.1 Å². The molecule has 0 radical (unpaired) electrons. The molecule has 0 N–H and O–H groups in total. The summed E-state index contributed by atoms with van der Waals surface area (Å²) in [6.45, 7) is 2.23. The monoisotopic (exact) mass is 456 g/mol. The normalized spacial score (nSPS) is 14.7. The Hall–Kier alpha value is 0.472. The molecule has 0 aromatic rings. The van der Waals surface area contributed by atoms with Crippen LogP contribution in [0.3, 0.4) is 0 Å². The zero-order valence-corrected chi connectivity index (χ0v) is 15.0. The number of ether oxygens (including phenoxy) is 1. The first-order chi connectivity index (χ1) is 8.77. The van der Waals surface area contributed by atoms with Crippen LogP contribution >= 0.6 is 19.5 Å². The number of carbonyl (C=O) groups excluding carboxylic acids is 1. The van der Waals surface area contributed by atoms with Gasteiger partial charge in [-0.15, -0.1) is 6.42 Å². The Morgan fingerprint density at radius 3 is 2.50 bits per heavy atom. The van der Waals surface area contributed by atoms with Gasteiger partial charge in [-0.05, 0) is 38.5 Å². The Bertz CT molecular complexity index is 265. The first-order valence-corrected chi connectivity index (χ1v) is 11.1. The van der Waals surface area contributed by atoms with Gasteiger partial charge in [-0.3, -0.25) is 11.2 Å².